The highest BCUT2D eigenvalue weighted by molar-refractivity contribution is 7.79. The zero-order valence-corrected chi connectivity index (χ0v) is 16.4. The van der Waals surface area contributed by atoms with Gasteiger partial charge in [-0.05, 0) is 49.7 Å². The van der Waals surface area contributed by atoms with Gasteiger partial charge in [0.05, 0.1) is 11.7 Å². The molecule has 142 valence electrons. The molecule has 0 aliphatic heterocycles. The van der Waals surface area contributed by atoms with Crippen molar-refractivity contribution < 1.29 is 9.53 Å². The number of pyridine rings is 2. The summed E-state index contributed by atoms with van der Waals surface area (Å²) in [6.07, 6.45) is 3.24. The van der Waals surface area contributed by atoms with E-state index in [9.17, 15) is 4.79 Å². The number of ether oxygens (including phenoxy) is 1. The molecule has 0 atom stereocenters. The Labute approximate surface area is 169 Å². The van der Waals surface area contributed by atoms with Gasteiger partial charge < -0.3 is 15.0 Å². The molecule has 2 heterocycles. The number of hydrogen-bond acceptors (Lipinski definition) is 5. The summed E-state index contributed by atoms with van der Waals surface area (Å²) >= 11 is 4.98. The highest BCUT2D eigenvalue weighted by Crippen LogP contribution is 2.25. The molecule has 0 unspecified atom stereocenters. The molecule has 7 heteroatoms. The maximum atomic E-state index is 12.4. The Kier molecular flexibility index (Phi) is 6.29. The fourth-order valence-corrected chi connectivity index (χ4v) is 2.84. The van der Waals surface area contributed by atoms with E-state index in [4.69, 9.17) is 17.0 Å². The minimum atomic E-state index is -0.263. The van der Waals surface area contributed by atoms with Crippen molar-refractivity contribution in [1.82, 2.24) is 9.97 Å². The van der Waals surface area contributed by atoms with Gasteiger partial charge in [-0.15, -0.1) is 0 Å². The Hall–Kier alpha value is -3.32. The number of anilines is 2. The molecule has 0 saturated heterocycles. The number of amides is 1. The van der Waals surface area contributed by atoms with Crippen molar-refractivity contribution in [3.63, 3.8) is 0 Å². The van der Waals surface area contributed by atoms with Crippen LogP contribution in [0.2, 0.25) is 0 Å². The lowest BCUT2D eigenvalue weighted by molar-refractivity contribution is 0.102. The molecule has 0 saturated carbocycles. The van der Waals surface area contributed by atoms with Gasteiger partial charge in [0.25, 0.3) is 5.91 Å². The Morgan fingerprint density at radius 1 is 1.18 bits per heavy atom. The van der Waals surface area contributed by atoms with E-state index in [0.717, 1.165) is 17.9 Å². The molecule has 6 nitrogen and oxygen atoms in total. The SMILES string of the molecule is CCN(C=S)c1ccc(Oc2cccc(NC(=O)c3ncccc3C)c2)cn1. The van der Waals surface area contributed by atoms with E-state index in [1.165, 1.54) is 0 Å². The van der Waals surface area contributed by atoms with E-state index < -0.39 is 0 Å². The van der Waals surface area contributed by atoms with Gasteiger partial charge >= 0.3 is 0 Å². The van der Waals surface area contributed by atoms with Gasteiger partial charge in [-0.25, -0.2) is 4.98 Å². The summed E-state index contributed by atoms with van der Waals surface area (Å²) in [6, 6.07) is 14.5. The van der Waals surface area contributed by atoms with Crippen molar-refractivity contribution in [2.45, 2.75) is 13.8 Å². The Morgan fingerprint density at radius 2 is 2.04 bits per heavy atom. The first-order valence-electron chi connectivity index (χ1n) is 8.79. The number of benzene rings is 1. The highest BCUT2D eigenvalue weighted by Gasteiger charge is 2.11. The summed E-state index contributed by atoms with van der Waals surface area (Å²) in [5, 5.41) is 2.85. The quantitative estimate of drug-likeness (QED) is 0.592. The van der Waals surface area contributed by atoms with Crippen LogP contribution in [-0.4, -0.2) is 27.9 Å². The van der Waals surface area contributed by atoms with E-state index in [2.05, 4.69) is 15.3 Å². The third-order valence-corrected chi connectivity index (χ3v) is 4.29. The number of carbonyl (C=O) groups is 1. The van der Waals surface area contributed by atoms with Crippen molar-refractivity contribution in [2.24, 2.45) is 0 Å². The minimum absolute atomic E-state index is 0.263. The molecule has 28 heavy (non-hydrogen) atoms. The van der Waals surface area contributed by atoms with Crippen LogP contribution in [0, 0.1) is 6.92 Å². The Balaban J connectivity index is 1.70. The topological polar surface area (TPSA) is 67.3 Å². The summed E-state index contributed by atoms with van der Waals surface area (Å²) in [7, 11) is 0. The van der Waals surface area contributed by atoms with Crippen LogP contribution in [0.15, 0.2) is 60.9 Å². The molecule has 0 radical (unpaired) electrons. The van der Waals surface area contributed by atoms with Crippen molar-refractivity contribution in [3.8, 4) is 11.5 Å². The first-order chi connectivity index (χ1) is 13.6. The Bertz CT molecular complexity index is 976. The van der Waals surface area contributed by atoms with Gasteiger partial charge in [-0.1, -0.05) is 24.4 Å². The summed E-state index contributed by atoms with van der Waals surface area (Å²) in [6.45, 7) is 4.59. The van der Waals surface area contributed by atoms with Gasteiger partial charge in [0.15, 0.2) is 0 Å². The van der Waals surface area contributed by atoms with E-state index >= 15 is 0 Å². The molecule has 0 aliphatic rings. The predicted octanol–water partition coefficient (Wildman–Crippen LogP) is 4.61. The predicted molar refractivity (Wildman–Crippen MR) is 114 cm³/mol. The standard InChI is InChI=1S/C21H20N4O2S/c1-3-25(14-28)19-10-9-18(13-23-19)27-17-8-4-7-16(12-17)24-21(26)20-15(2)6-5-11-22-20/h4-14H,3H2,1-2H3,(H,24,26). The molecule has 1 aromatic carbocycles. The van der Waals surface area contributed by atoms with Crippen molar-refractivity contribution in [3.05, 3.63) is 72.2 Å². The lowest BCUT2D eigenvalue weighted by Crippen LogP contribution is -2.19. The maximum Gasteiger partial charge on any atom is 0.274 e. The third-order valence-electron chi connectivity index (χ3n) is 4.04. The lowest BCUT2D eigenvalue weighted by Gasteiger charge is -2.15. The maximum absolute atomic E-state index is 12.4. The molecule has 0 fully saturated rings. The van der Waals surface area contributed by atoms with Crippen LogP contribution in [0.25, 0.3) is 0 Å². The smallest absolute Gasteiger partial charge is 0.274 e. The number of nitrogens with zero attached hydrogens (tertiary/aromatic N) is 3. The summed E-state index contributed by atoms with van der Waals surface area (Å²) in [4.78, 5) is 22.8. The number of nitrogens with one attached hydrogen (secondary N) is 1. The van der Waals surface area contributed by atoms with Gasteiger partial charge in [0, 0.05) is 24.5 Å². The molecule has 0 bridgehead atoms. The number of rotatable bonds is 7. The summed E-state index contributed by atoms with van der Waals surface area (Å²) in [5.74, 6) is 1.68. The van der Waals surface area contributed by atoms with Crippen LogP contribution >= 0.6 is 12.2 Å². The molecule has 3 rings (SSSR count). The molecular weight excluding hydrogens is 372 g/mol. The number of hydrogen-bond donors (Lipinski definition) is 1. The van der Waals surface area contributed by atoms with Gasteiger partial charge in [0.2, 0.25) is 0 Å². The highest BCUT2D eigenvalue weighted by atomic mass is 32.1. The van der Waals surface area contributed by atoms with Gasteiger partial charge in [0.1, 0.15) is 23.0 Å². The van der Waals surface area contributed by atoms with E-state index in [0.29, 0.717) is 22.9 Å². The average Bonchev–Trinajstić information content (AvgIpc) is 2.71. The zero-order valence-electron chi connectivity index (χ0n) is 15.6. The second-order valence-electron chi connectivity index (χ2n) is 6.00. The fraction of sp³-hybridized carbons (Fsp3) is 0.143. The number of carbonyl (C=O) groups excluding carboxylic acids is 1. The molecule has 3 aromatic rings. The normalized spacial score (nSPS) is 10.2. The molecule has 1 amide bonds. The summed E-state index contributed by atoms with van der Waals surface area (Å²) in [5.41, 5.74) is 3.40. The number of thiocarbonyl (C=S) groups is 1. The average molecular weight is 392 g/mol. The van der Waals surface area contributed by atoms with E-state index in [1.807, 2.05) is 49.1 Å². The molecule has 1 N–H and O–H groups in total. The van der Waals surface area contributed by atoms with Crippen molar-refractivity contribution in [2.75, 3.05) is 16.8 Å². The van der Waals surface area contributed by atoms with Gasteiger partial charge in [-0.3, -0.25) is 9.78 Å². The van der Waals surface area contributed by atoms with E-state index in [-0.39, 0.29) is 5.91 Å². The zero-order chi connectivity index (χ0) is 19.9. The van der Waals surface area contributed by atoms with Crippen LogP contribution in [-0.2, 0) is 0 Å². The first kappa shape index (κ1) is 19.4. The molecule has 2 aromatic heterocycles. The van der Waals surface area contributed by atoms with Crippen LogP contribution < -0.4 is 15.0 Å². The van der Waals surface area contributed by atoms with Crippen LogP contribution in [0.3, 0.4) is 0 Å². The van der Waals surface area contributed by atoms with Gasteiger partial charge in [-0.2, -0.15) is 0 Å². The third kappa shape index (κ3) is 4.69. The molecule has 0 spiro atoms. The fourth-order valence-electron chi connectivity index (χ4n) is 2.58. The van der Waals surface area contributed by atoms with Crippen molar-refractivity contribution >= 4 is 35.1 Å². The summed E-state index contributed by atoms with van der Waals surface area (Å²) < 4.78 is 5.85. The lowest BCUT2D eigenvalue weighted by atomic mass is 10.2. The van der Waals surface area contributed by atoms with Crippen LogP contribution in [0.1, 0.15) is 23.0 Å². The largest absolute Gasteiger partial charge is 0.456 e. The second-order valence-corrected chi connectivity index (χ2v) is 6.21. The van der Waals surface area contributed by atoms with Crippen LogP contribution in [0.5, 0.6) is 11.5 Å². The number of aryl methyl sites for hydroxylation is 1. The second kappa shape index (κ2) is 9.05. The Morgan fingerprint density at radius 3 is 2.71 bits per heavy atom. The monoisotopic (exact) mass is 392 g/mol. The number of aromatic nitrogens is 2. The molecular formula is C21H20N4O2S. The van der Waals surface area contributed by atoms with Crippen LogP contribution in [0.4, 0.5) is 11.5 Å². The van der Waals surface area contributed by atoms with Crippen molar-refractivity contribution in [1.29, 1.82) is 0 Å². The first-order valence-corrected chi connectivity index (χ1v) is 9.26. The van der Waals surface area contributed by atoms with E-state index in [1.54, 1.807) is 36.1 Å². The molecule has 0 aliphatic carbocycles. The minimum Gasteiger partial charge on any atom is -0.456 e.